The molecule has 0 radical (unpaired) electrons. The van der Waals surface area contributed by atoms with Gasteiger partial charge in [0.25, 0.3) is 0 Å². The van der Waals surface area contributed by atoms with Crippen LogP contribution >= 0.6 is 11.3 Å². The van der Waals surface area contributed by atoms with Crippen molar-refractivity contribution in [2.45, 2.75) is 6.42 Å². The largest absolute Gasteiger partial charge is 0.478 e. The zero-order valence-electron chi connectivity index (χ0n) is 10.7. The number of nitrogens with zero attached hydrogens (tertiary/aromatic N) is 1. The van der Waals surface area contributed by atoms with Crippen LogP contribution in [0.5, 0.6) is 0 Å². The van der Waals surface area contributed by atoms with E-state index in [-0.39, 0.29) is 5.56 Å². The maximum atomic E-state index is 10.9. The number of anilines is 2. The maximum Gasteiger partial charge on any atom is 0.337 e. The first-order valence-electron chi connectivity index (χ1n) is 5.94. The highest BCUT2D eigenvalue weighted by Crippen LogP contribution is 2.21. The number of carbonyl (C=O) groups is 1. The van der Waals surface area contributed by atoms with Crippen LogP contribution in [0.3, 0.4) is 0 Å². The molecule has 4 nitrogen and oxygen atoms in total. The molecule has 0 aliphatic carbocycles. The number of benzene rings is 1. The average molecular weight is 276 g/mol. The molecule has 0 bridgehead atoms. The number of thiophene rings is 1. The summed E-state index contributed by atoms with van der Waals surface area (Å²) in [6.07, 6.45) is 0.967. The molecular weight excluding hydrogens is 260 g/mol. The Morgan fingerprint density at radius 3 is 2.79 bits per heavy atom. The second-order valence-corrected chi connectivity index (χ2v) is 5.36. The van der Waals surface area contributed by atoms with Gasteiger partial charge in [0.05, 0.1) is 5.56 Å². The fourth-order valence-electron chi connectivity index (χ4n) is 1.84. The Hall–Kier alpha value is -2.01. The van der Waals surface area contributed by atoms with Gasteiger partial charge in [-0.15, -0.1) is 11.3 Å². The smallest absolute Gasteiger partial charge is 0.337 e. The molecule has 0 saturated carbocycles. The van der Waals surface area contributed by atoms with E-state index in [0.29, 0.717) is 5.69 Å². The molecule has 1 aromatic heterocycles. The van der Waals surface area contributed by atoms with Crippen LogP contribution in [0.2, 0.25) is 0 Å². The Bertz CT molecular complexity index is 567. The molecule has 0 spiro atoms. The molecule has 2 aromatic rings. The Labute approximate surface area is 116 Å². The fourth-order valence-corrected chi connectivity index (χ4v) is 2.54. The lowest BCUT2D eigenvalue weighted by atomic mass is 10.1. The number of hydrogen-bond donors (Lipinski definition) is 2. The van der Waals surface area contributed by atoms with Crippen molar-refractivity contribution in [3.05, 3.63) is 46.2 Å². The van der Waals surface area contributed by atoms with Crippen molar-refractivity contribution in [1.82, 2.24) is 0 Å². The van der Waals surface area contributed by atoms with E-state index in [9.17, 15) is 4.79 Å². The summed E-state index contributed by atoms with van der Waals surface area (Å²) in [5.41, 5.74) is 7.12. The SMILES string of the molecule is CN(CCc1cccs1)c1ccc(C(=O)O)c(N)c1. The highest BCUT2D eigenvalue weighted by molar-refractivity contribution is 7.09. The second kappa shape index (κ2) is 5.75. The number of carboxylic acids is 1. The van der Waals surface area contributed by atoms with E-state index in [1.165, 1.54) is 4.88 Å². The molecule has 0 saturated heterocycles. The van der Waals surface area contributed by atoms with Gasteiger partial charge in [0.2, 0.25) is 0 Å². The first-order chi connectivity index (χ1) is 9.08. The van der Waals surface area contributed by atoms with Gasteiger partial charge in [-0.25, -0.2) is 4.79 Å². The van der Waals surface area contributed by atoms with Gasteiger partial charge >= 0.3 is 5.97 Å². The van der Waals surface area contributed by atoms with Crippen molar-refractivity contribution in [2.24, 2.45) is 0 Å². The number of nitrogens with two attached hydrogens (primary N) is 1. The van der Waals surface area contributed by atoms with Gasteiger partial charge in [-0.1, -0.05) is 6.07 Å². The highest BCUT2D eigenvalue weighted by Gasteiger charge is 2.10. The van der Waals surface area contributed by atoms with Crippen molar-refractivity contribution in [1.29, 1.82) is 0 Å². The summed E-state index contributed by atoms with van der Waals surface area (Å²) >= 11 is 1.74. The van der Waals surface area contributed by atoms with Crippen molar-refractivity contribution in [3.8, 4) is 0 Å². The van der Waals surface area contributed by atoms with Crippen molar-refractivity contribution in [3.63, 3.8) is 0 Å². The minimum atomic E-state index is -0.995. The number of aromatic carboxylic acids is 1. The van der Waals surface area contributed by atoms with Gasteiger partial charge in [0, 0.05) is 29.8 Å². The minimum absolute atomic E-state index is 0.149. The third-order valence-electron chi connectivity index (χ3n) is 2.98. The molecule has 0 aliphatic rings. The summed E-state index contributed by atoms with van der Waals surface area (Å²) in [6, 6.07) is 9.20. The van der Waals surface area contributed by atoms with Crippen LogP contribution in [0.1, 0.15) is 15.2 Å². The zero-order chi connectivity index (χ0) is 13.8. The second-order valence-electron chi connectivity index (χ2n) is 4.33. The van der Waals surface area contributed by atoms with Crippen LogP contribution in [0.25, 0.3) is 0 Å². The van der Waals surface area contributed by atoms with E-state index in [4.69, 9.17) is 10.8 Å². The Morgan fingerprint density at radius 1 is 1.42 bits per heavy atom. The number of hydrogen-bond acceptors (Lipinski definition) is 4. The van der Waals surface area contributed by atoms with Crippen LogP contribution in [0.15, 0.2) is 35.7 Å². The van der Waals surface area contributed by atoms with E-state index in [0.717, 1.165) is 18.7 Å². The lowest BCUT2D eigenvalue weighted by molar-refractivity contribution is 0.0698. The number of nitrogen functional groups attached to an aromatic ring is 1. The Balaban J connectivity index is 2.05. The maximum absolute atomic E-state index is 10.9. The summed E-state index contributed by atoms with van der Waals surface area (Å²) < 4.78 is 0. The van der Waals surface area contributed by atoms with E-state index in [1.54, 1.807) is 29.5 Å². The molecule has 0 amide bonds. The molecule has 19 heavy (non-hydrogen) atoms. The van der Waals surface area contributed by atoms with Gasteiger partial charge in [0.1, 0.15) is 0 Å². The lowest BCUT2D eigenvalue weighted by Gasteiger charge is -2.19. The van der Waals surface area contributed by atoms with Crippen LogP contribution < -0.4 is 10.6 Å². The first-order valence-corrected chi connectivity index (χ1v) is 6.82. The normalized spacial score (nSPS) is 10.4. The summed E-state index contributed by atoms with van der Waals surface area (Å²) in [6.45, 7) is 0.867. The van der Waals surface area contributed by atoms with E-state index >= 15 is 0 Å². The van der Waals surface area contributed by atoms with Crippen LogP contribution in [0, 0.1) is 0 Å². The molecule has 100 valence electrons. The van der Waals surface area contributed by atoms with Gasteiger partial charge in [-0.2, -0.15) is 0 Å². The van der Waals surface area contributed by atoms with Gasteiger partial charge in [-0.3, -0.25) is 0 Å². The topological polar surface area (TPSA) is 66.6 Å². The number of likely N-dealkylation sites (N-methyl/N-ethyl adjacent to an activating group) is 1. The highest BCUT2D eigenvalue weighted by atomic mass is 32.1. The van der Waals surface area contributed by atoms with Crippen LogP contribution in [0.4, 0.5) is 11.4 Å². The summed E-state index contributed by atoms with van der Waals surface area (Å²) in [7, 11) is 1.98. The molecule has 3 N–H and O–H groups in total. The fraction of sp³-hybridized carbons (Fsp3) is 0.214. The monoisotopic (exact) mass is 276 g/mol. The zero-order valence-corrected chi connectivity index (χ0v) is 11.5. The first kappa shape index (κ1) is 13.4. The van der Waals surface area contributed by atoms with Crippen molar-refractivity contribution < 1.29 is 9.90 Å². The van der Waals surface area contributed by atoms with Gasteiger partial charge in [-0.05, 0) is 36.1 Å². The Morgan fingerprint density at radius 2 is 2.21 bits per heavy atom. The van der Waals surface area contributed by atoms with Gasteiger partial charge < -0.3 is 15.7 Å². The lowest BCUT2D eigenvalue weighted by Crippen LogP contribution is -2.20. The van der Waals surface area contributed by atoms with Crippen molar-refractivity contribution in [2.75, 3.05) is 24.2 Å². The molecule has 1 heterocycles. The standard InChI is InChI=1S/C14H16N2O2S/c1-16(7-6-11-3-2-8-19-11)10-4-5-12(14(17)18)13(15)9-10/h2-5,8-9H,6-7,15H2,1H3,(H,17,18). The molecule has 5 heteroatoms. The predicted octanol–water partition coefficient (Wildman–Crippen LogP) is 2.71. The van der Waals surface area contributed by atoms with Gasteiger partial charge in [0.15, 0.2) is 0 Å². The van der Waals surface area contributed by atoms with Crippen molar-refractivity contribution >= 4 is 28.7 Å². The van der Waals surface area contributed by atoms with E-state index in [1.807, 2.05) is 13.1 Å². The molecule has 0 fully saturated rings. The molecule has 0 atom stereocenters. The molecule has 0 unspecified atom stereocenters. The third kappa shape index (κ3) is 3.26. The molecular formula is C14H16N2O2S. The van der Waals surface area contributed by atoms with Crippen LogP contribution in [-0.4, -0.2) is 24.7 Å². The molecule has 2 rings (SSSR count). The molecule has 0 aliphatic heterocycles. The van der Waals surface area contributed by atoms with E-state index in [2.05, 4.69) is 16.3 Å². The number of rotatable bonds is 5. The Kier molecular flexibility index (Phi) is 4.06. The molecule has 1 aromatic carbocycles. The summed E-state index contributed by atoms with van der Waals surface area (Å²) in [4.78, 5) is 14.3. The summed E-state index contributed by atoms with van der Waals surface area (Å²) in [5.74, 6) is -0.995. The number of carboxylic acid groups (broad SMARTS) is 1. The van der Waals surface area contributed by atoms with Crippen LogP contribution in [-0.2, 0) is 6.42 Å². The summed E-state index contributed by atoms with van der Waals surface area (Å²) in [5, 5.41) is 11.0. The quantitative estimate of drug-likeness (QED) is 0.824. The average Bonchev–Trinajstić information content (AvgIpc) is 2.88. The third-order valence-corrected chi connectivity index (χ3v) is 3.92. The minimum Gasteiger partial charge on any atom is -0.478 e. The predicted molar refractivity (Wildman–Crippen MR) is 79.1 cm³/mol. The van der Waals surface area contributed by atoms with E-state index < -0.39 is 5.97 Å².